The number of rotatable bonds is 6. The molecule has 1 heterocycles. The number of halogens is 1. The number of hydrogen-bond donors (Lipinski definition) is 1. The molecule has 1 aliphatic rings. The average Bonchev–Trinajstić information content (AvgIpc) is 2.52. The summed E-state index contributed by atoms with van der Waals surface area (Å²) in [7, 11) is 0. The van der Waals surface area contributed by atoms with Gasteiger partial charge in [-0.3, -0.25) is 4.79 Å². The van der Waals surface area contributed by atoms with Crippen LogP contribution >= 0.6 is 15.9 Å². The lowest BCUT2D eigenvalue weighted by molar-refractivity contribution is -0.122. The van der Waals surface area contributed by atoms with E-state index in [0.717, 1.165) is 36.8 Å². The quantitative estimate of drug-likeness (QED) is 0.805. The van der Waals surface area contributed by atoms with Gasteiger partial charge in [-0.15, -0.1) is 0 Å². The smallest absolute Gasteiger partial charge is 0.220 e. The molecule has 4 heteroatoms. The highest BCUT2D eigenvalue weighted by Gasteiger charge is 2.15. The van der Waals surface area contributed by atoms with Crippen LogP contribution in [0, 0.1) is 0 Å². The zero-order valence-electron chi connectivity index (χ0n) is 11.7. The Morgan fingerprint density at radius 2 is 2.20 bits per heavy atom. The summed E-state index contributed by atoms with van der Waals surface area (Å²) < 4.78 is 5.64. The zero-order chi connectivity index (χ0) is 14.2. The minimum absolute atomic E-state index is 0.114. The van der Waals surface area contributed by atoms with Crippen LogP contribution in [0.4, 0.5) is 0 Å². The second-order valence-corrected chi connectivity index (χ2v) is 5.82. The summed E-state index contributed by atoms with van der Waals surface area (Å²) in [5.41, 5.74) is 2.37. The average molecular weight is 340 g/mol. The van der Waals surface area contributed by atoms with Crippen LogP contribution in [0.5, 0.6) is 0 Å². The molecule has 0 aliphatic carbocycles. The Morgan fingerprint density at radius 1 is 1.35 bits per heavy atom. The number of benzene rings is 1. The highest BCUT2D eigenvalue weighted by atomic mass is 79.9. The van der Waals surface area contributed by atoms with Crippen LogP contribution < -0.4 is 5.32 Å². The van der Waals surface area contributed by atoms with E-state index in [2.05, 4.69) is 33.4 Å². The molecule has 1 fully saturated rings. The van der Waals surface area contributed by atoms with Crippen LogP contribution in [-0.4, -0.2) is 18.6 Å². The lowest BCUT2D eigenvalue weighted by Crippen LogP contribution is -2.26. The molecule has 1 aromatic rings. The number of alkyl halides is 1. The van der Waals surface area contributed by atoms with Crippen LogP contribution in [0.15, 0.2) is 24.3 Å². The molecule has 110 valence electrons. The van der Waals surface area contributed by atoms with E-state index in [9.17, 15) is 4.79 Å². The molecule has 2 rings (SSSR count). The van der Waals surface area contributed by atoms with Crippen molar-refractivity contribution in [2.24, 2.45) is 0 Å². The van der Waals surface area contributed by atoms with Crippen molar-refractivity contribution in [3.05, 3.63) is 35.4 Å². The summed E-state index contributed by atoms with van der Waals surface area (Å²) in [5.74, 6) is 0.114. The normalized spacial score (nSPS) is 18.8. The second-order valence-electron chi connectivity index (χ2n) is 5.26. The van der Waals surface area contributed by atoms with Crippen molar-refractivity contribution in [2.75, 3.05) is 6.61 Å². The first-order chi connectivity index (χ1) is 9.78. The SMILES string of the molecule is O=C(CCC1CCCCO1)NCc1cccc(CBr)c1. The van der Waals surface area contributed by atoms with E-state index in [1.54, 1.807) is 0 Å². The third-order valence-electron chi connectivity index (χ3n) is 3.60. The van der Waals surface area contributed by atoms with Gasteiger partial charge in [0.15, 0.2) is 0 Å². The van der Waals surface area contributed by atoms with Gasteiger partial charge >= 0.3 is 0 Å². The molecule has 0 saturated carbocycles. The summed E-state index contributed by atoms with van der Waals surface area (Å²) in [5, 5.41) is 3.82. The van der Waals surface area contributed by atoms with Crippen LogP contribution in [0.25, 0.3) is 0 Å². The number of hydrogen-bond acceptors (Lipinski definition) is 2. The number of carbonyl (C=O) groups excluding carboxylic acids is 1. The van der Waals surface area contributed by atoms with Crippen LogP contribution in [0.2, 0.25) is 0 Å². The Hall–Kier alpha value is -0.870. The van der Waals surface area contributed by atoms with Crippen molar-refractivity contribution in [1.82, 2.24) is 5.32 Å². The summed E-state index contributed by atoms with van der Waals surface area (Å²) in [6.07, 6.45) is 5.17. The third kappa shape index (κ3) is 5.25. The van der Waals surface area contributed by atoms with Gasteiger partial charge < -0.3 is 10.1 Å². The predicted octanol–water partition coefficient (Wildman–Crippen LogP) is 3.55. The topological polar surface area (TPSA) is 38.3 Å². The molecule has 1 N–H and O–H groups in total. The first-order valence-electron chi connectivity index (χ1n) is 7.30. The van der Waals surface area contributed by atoms with Crippen LogP contribution in [0.3, 0.4) is 0 Å². The summed E-state index contributed by atoms with van der Waals surface area (Å²) >= 11 is 3.44. The molecule has 1 aliphatic heterocycles. The molecule has 1 aromatic carbocycles. The Kier molecular flexibility index (Phi) is 6.54. The maximum atomic E-state index is 11.8. The Bertz CT molecular complexity index is 430. The van der Waals surface area contributed by atoms with Crippen LogP contribution in [0.1, 0.15) is 43.2 Å². The first-order valence-corrected chi connectivity index (χ1v) is 8.42. The van der Waals surface area contributed by atoms with Gasteiger partial charge in [0.25, 0.3) is 0 Å². The predicted molar refractivity (Wildman–Crippen MR) is 83.7 cm³/mol. The maximum Gasteiger partial charge on any atom is 0.220 e. The molecule has 1 saturated heterocycles. The minimum atomic E-state index is 0.114. The molecular weight excluding hydrogens is 318 g/mol. The van der Waals surface area contributed by atoms with Crippen molar-refractivity contribution in [3.63, 3.8) is 0 Å². The van der Waals surface area contributed by atoms with Gasteiger partial charge in [-0.2, -0.15) is 0 Å². The lowest BCUT2D eigenvalue weighted by atomic mass is 10.0. The minimum Gasteiger partial charge on any atom is -0.378 e. The van der Waals surface area contributed by atoms with Gasteiger partial charge in [-0.05, 0) is 36.8 Å². The van der Waals surface area contributed by atoms with Crippen molar-refractivity contribution in [1.29, 1.82) is 0 Å². The van der Waals surface area contributed by atoms with E-state index in [-0.39, 0.29) is 12.0 Å². The molecule has 20 heavy (non-hydrogen) atoms. The highest BCUT2D eigenvalue weighted by Crippen LogP contribution is 2.16. The summed E-state index contributed by atoms with van der Waals surface area (Å²) in [6, 6.07) is 8.24. The van der Waals surface area contributed by atoms with Gasteiger partial charge in [-0.25, -0.2) is 0 Å². The zero-order valence-corrected chi connectivity index (χ0v) is 13.3. The van der Waals surface area contributed by atoms with Gasteiger partial charge in [0.2, 0.25) is 5.91 Å². The maximum absolute atomic E-state index is 11.8. The fourth-order valence-electron chi connectivity index (χ4n) is 2.44. The Morgan fingerprint density at radius 3 is 2.95 bits per heavy atom. The standard InChI is InChI=1S/C16H22BrNO2/c17-11-13-4-3-5-14(10-13)12-18-16(19)8-7-15-6-1-2-9-20-15/h3-5,10,15H,1-2,6-9,11-12H2,(H,18,19). The van der Waals surface area contributed by atoms with Crippen molar-refractivity contribution < 1.29 is 9.53 Å². The van der Waals surface area contributed by atoms with Gasteiger partial charge in [0.05, 0.1) is 6.10 Å². The number of carbonyl (C=O) groups is 1. The van der Waals surface area contributed by atoms with Crippen molar-refractivity contribution in [2.45, 2.75) is 50.1 Å². The Labute approximate surface area is 129 Å². The molecule has 1 unspecified atom stereocenters. The van der Waals surface area contributed by atoms with E-state index in [0.29, 0.717) is 13.0 Å². The van der Waals surface area contributed by atoms with E-state index in [1.807, 2.05) is 12.1 Å². The van der Waals surface area contributed by atoms with Gasteiger partial charge in [-0.1, -0.05) is 40.2 Å². The summed E-state index contributed by atoms with van der Waals surface area (Å²) in [4.78, 5) is 11.8. The molecule has 1 amide bonds. The third-order valence-corrected chi connectivity index (χ3v) is 4.25. The molecular formula is C16H22BrNO2. The molecule has 0 spiro atoms. The van der Waals surface area contributed by atoms with E-state index in [1.165, 1.54) is 12.0 Å². The van der Waals surface area contributed by atoms with E-state index >= 15 is 0 Å². The highest BCUT2D eigenvalue weighted by molar-refractivity contribution is 9.08. The monoisotopic (exact) mass is 339 g/mol. The largest absolute Gasteiger partial charge is 0.378 e. The molecule has 0 bridgehead atoms. The fraction of sp³-hybridized carbons (Fsp3) is 0.562. The number of amides is 1. The van der Waals surface area contributed by atoms with Crippen molar-refractivity contribution in [3.8, 4) is 0 Å². The molecule has 0 aromatic heterocycles. The fourth-order valence-corrected chi connectivity index (χ4v) is 2.79. The second kappa shape index (κ2) is 8.42. The number of nitrogens with one attached hydrogen (secondary N) is 1. The lowest BCUT2D eigenvalue weighted by Gasteiger charge is -2.22. The molecule has 1 atom stereocenters. The van der Waals surface area contributed by atoms with Gasteiger partial charge in [0.1, 0.15) is 0 Å². The molecule has 0 radical (unpaired) electrons. The first kappa shape index (κ1) is 15.5. The van der Waals surface area contributed by atoms with Crippen molar-refractivity contribution >= 4 is 21.8 Å². The molecule has 3 nitrogen and oxygen atoms in total. The number of ether oxygens (including phenoxy) is 1. The van der Waals surface area contributed by atoms with E-state index < -0.39 is 0 Å². The van der Waals surface area contributed by atoms with Gasteiger partial charge in [0, 0.05) is 24.9 Å². The van der Waals surface area contributed by atoms with E-state index in [4.69, 9.17) is 4.74 Å². The Balaban J connectivity index is 1.68. The summed E-state index contributed by atoms with van der Waals surface area (Å²) in [6.45, 7) is 1.46. The van der Waals surface area contributed by atoms with Crippen LogP contribution in [-0.2, 0) is 21.4 Å².